The van der Waals surface area contributed by atoms with Crippen LogP contribution in [0.25, 0.3) is 32.8 Å². The van der Waals surface area contributed by atoms with Crippen LogP contribution in [0, 0.1) is 0 Å². The van der Waals surface area contributed by atoms with Crippen LogP contribution in [0.15, 0.2) is 66.0 Å². The molecule has 4 rings (SSSR count). The third-order valence-electron chi connectivity index (χ3n) is 3.43. The molecule has 3 aromatic heterocycles. The number of nitrogens with zero attached hydrogens (tertiary/aromatic N) is 1. The Morgan fingerprint density at radius 1 is 0.783 bits per heavy atom. The van der Waals surface area contributed by atoms with Gasteiger partial charge in [-0.3, -0.25) is 0 Å². The second-order valence-electron chi connectivity index (χ2n) is 4.94. The minimum atomic E-state index is 0. The Kier molecular flexibility index (Phi) is 5.25. The third-order valence-corrected chi connectivity index (χ3v) is 5.55. The van der Waals surface area contributed by atoms with Gasteiger partial charge in [-0.15, -0.1) is 46.7 Å². The van der Waals surface area contributed by atoms with Gasteiger partial charge in [0, 0.05) is 20.0 Å². The van der Waals surface area contributed by atoms with Crippen molar-refractivity contribution in [3.63, 3.8) is 0 Å². The molecule has 114 valence electrons. The fourth-order valence-electron chi connectivity index (χ4n) is 2.34. The molecule has 1 nitrogen and oxygen atoms in total. The van der Waals surface area contributed by atoms with Crippen LogP contribution < -0.4 is 0 Å². The Hall–Kier alpha value is -1.50. The highest BCUT2D eigenvalue weighted by molar-refractivity contribution is 14.0. The third kappa shape index (κ3) is 3.71. The molecule has 0 bridgehead atoms. The molecule has 0 N–H and O–H groups in total. The van der Waals surface area contributed by atoms with Gasteiger partial charge in [0.25, 0.3) is 0 Å². The summed E-state index contributed by atoms with van der Waals surface area (Å²) in [7, 11) is 0. The van der Waals surface area contributed by atoms with Gasteiger partial charge in [0.2, 0.25) is 0 Å². The van der Waals surface area contributed by atoms with E-state index in [2.05, 4.69) is 65.0 Å². The van der Waals surface area contributed by atoms with Gasteiger partial charge in [0.05, 0.1) is 11.2 Å². The van der Waals surface area contributed by atoms with Crippen LogP contribution in [-0.4, -0.2) is 4.98 Å². The molecule has 0 aliphatic carbocycles. The first-order valence-corrected chi connectivity index (χ1v) is 8.76. The number of benzene rings is 1. The Labute approximate surface area is 160 Å². The van der Waals surface area contributed by atoms with E-state index in [4.69, 9.17) is 0 Å². The first kappa shape index (κ1) is 16.4. The molecule has 4 aromatic rings. The molecule has 0 spiro atoms. The summed E-state index contributed by atoms with van der Waals surface area (Å²) in [5.41, 5.74) is 2.03. The minimum absolute atomic E-state index is 0. The summed E-state index contributed by atoms with van der Waals surface area (Å²) in [6, 6.07) is 21.0. The number of aromatic nitrogens is 1. The molecule has 0 fully saturated rings. The smallest absolute Gasteiger partial charge is 0.0709 e. The largest absolute Gasteiger partial charge is 0.248 e. The molecule has 3 heterocycles. The Bertz CT molecular complexity index is 939. The Balaban J connectivity index is 0.00000156. The number of halogens is 1. The maximum absolute atomic E-state index is 4.67. The number of rotatable bonds is 3. The highest BCUT2D eigenvalue weighted by Crippen LogP contribution is 2.32. The van der Waals surface area contributed by atoms with Crippen LogP contribution in [0.3, 0.4) is 0 Å². The summed E-state index contributed by atoms with van der Waals surface area (Å²) in [5.74, 6) is 0. The maximum atomic E-state index is 4.67. The summed E-state index contributed by atoms with van der Waals surface area (Å²) < 4.78 is 0. The molecule has 0 saturated heterocycles. The van der Waals surface area contributed by atoms with Crippen molar-refractivity contribution in [2.24, 2.45) is 0 Å². The number of fused-ring (bicyclic) bond motifs is 1. The SMILES string of the molecule is C(=C\c1ccc(-c2cccs2)s1)/c1ccc2ccccc2n1.I. The van der Waals surface area contributed by atoms with Crippen LogP contribution in [0.5, 0.6) is 0 Å². The summed E-state index contributed by atoms with van der Waals surface area (Å²) in [5, 5.41) is 3.29. The van der Waals surface area contributed by atoms with Gasteiger partial charge in [0.15, 0.2) is 0 Å². The van der Waals surface area contributed by atoms with E-state index in [9.17, 15) is 0 Å². The van der Waals surface area contributed by atoms with Gasteiger partial charge in [-0.05, 0) is 47.9 Å². The zero-order valence-electron chi connectivity index (χ0n) is 12.2. The van der Waals surface area contributed by atoms with E-state index in [1.165, 1.54) is 20.0 Å². The monoisotopic (exact) mass is 447 g/mol. The van der Waals surface area contributed by atoms with Crippen molar-refractivity contribution in [3.8, 4) is 9.75 Å². The lowest BCUT2D eigenvalue weighted by atomic mass is 10.2. The van der Waals surface area contributed by atoms with Crippen molar-refractivity contribution in [1.29, 1.82) is 0 Å². The van der Waals surface area contributed by atoms with Crippen molar-refractivity contribution in [2.45, 2.75) is 0 Å². The molecule has 4 heteroatoms. The molecule has 0 atom stereocenters. The maximum Gasteiger partial charge on any atom is 0.0709 e. The van der Waals surface area contributed by atoms with Crippen molar-refractivity contribution in [3.05, 3.63) is 76.6 Å². The van der Waals surface area contributed by atoms with Crippen molar-refractivity contribution in [2.75, 3.05) is 0 Å². The van der Waals surface area contributed by atoms with Crippen molar-refractivity contribution < 1.29 is 0 Å². The lowest BCUT2D eigenvalue weighted by molar-refractivity contribution is 1.37. The van der Waals surface area contributed by atoms with E-state index in [1.807, 2.05) is 29.5 Å². The normalized spacial score (nSPS) is 11.0. The lowest BCUT2D eigenvalue weighted by Gasteiger charge is -1.97. The molecule has 0 aliphatic heterocycles. The minimum Gasteiger partial charge on any atom is -0.248 e. The Morgan fingerprint density at radius 3 is 2.57 bits per heavy atom. The van der Waals surface area contributed by atoms with Gasteiger partial charge in [-0.25, -0.2) is 4.98 Å². The molecule has 0 unspecified atom stereocenters. The summed E-state index contributed by atoms with van der Waals surface area (Å²) in [6.45, 7) is 0. The number of hydrogen-bond acceptors (Lipinski definition) is 3. The molecule has 23 heavy (non-hydrogen) atoms. The number of pyridine rings is 1. The quantitative estimate of drug-likeness (QED) is 0.314. The van der Waals surface area contributed by atoms with E-state index in [0.717, 1.165) is 11.2 Å². The average Bonchev–Trinajstić information content (AvgIpc) is 3.24. The van der Waals surface area contributed by atoms with Gasteiger partial charge in [0.1, 0.15) is 0 Å². The Morgan fingerprint density at radius 2 is 1.70 bits per heavy atom. The molecule has 0 aliphatic rings. The van der Waals surface area contributed by atoms with Crippen LogP contribution in [0.2, 0.25) is 0 Å². The molecule has 1 aromatic carbocycles. The van der Waals surface area contributed by atoms with Gasteiger partial charge in [-0.2, -0.15) is 0 Å². The topological polar surface area (TPSA) is 12.9 Å². The fraction of sp³-hybridized carbons (Fsp3) is 0. The predicted molar refractivity (Wildman–Crippen MR) is 114 cm³/mol. The molecule has 0 amide bonds. The second kappa shape index (κ2) is 7.38. The zero-order valence-corrected chi connectivity index (χ0v) is 16.1. The van der Waals surface area contributed by atoms with E-state index in [-0.39, 0.29) is 24.0 Å². The number of hydrogen-bond donors (Lipinski definition) is 0. The van der Waals surface area contributed by atoms with Gasteiger partial charge < -0.3 is 0 Å². The van der Waals surface area contributed by atoms with E-state index < -0.39 is 0 Å². The van der Waals surface area contributed by atoms with Crippen LogP contribution >= 0.6 is 46.7 Å². The van der Waals surface area contributed by atoms with E-state index in [0.29, 0.717) is 0 Å². The fourth-order valence-corrected chi connectivity index (χ4v) is 4.08. The van der Waals surface area contributed by atoms with E-state index in [1.54, 1.807) is 11.3 Å². The van der Waals surface area contributed by atoms with Gasteiger partial charge in [-0.1, -0.05) is 30.3 Å². The first-order chi connectivity index (χ1) is 10.9. The molecule has 0 radical (unpaired) electrons. The van der Waals surface area contributed by atoms with Crippen LogP contribution in [0.1, 0.15) is 10.6 Å². The van der Waals surface area contributed by atoms with E-state index >= 15 is 0 Å². The molecule has 0 saturated carbocycles. The predicted octanol–water partition coefficient (Wildman–Crippen LogP) is 6.81. The van der Waals surface area contributed by atoms with Gasteiger partial charge >= 0.3 is 0 Å². The van der Waals surface area contributed by atoms with Crippen molar-refractivity contribution >= 4 is 69.7 Å². The molecular weight excluding hydrogens is 433 g/mol. The lowest BCUT2D eigenvalue weighted by Crippen LogP contribution is -1.81. The highest BCUT2D eigenvalue weighted by atomic mass is 127. The highest BCUT2D eigenvalue weighted by Gasteiger charge is 2.02. The summed E-state index contributed by atoms with van der Waals surface area (Å²) >= 11 is 3.59. The standard InChI is InChI=1S/C19H13NS2.HI/c1-2-5-17-14(4-1)7-8-15(20-17)9-10-16-11-12-19(22-16)18-6-3-13-21-18;/h1-13H;1H/b10-9+;. The first-order valence-electron chi connectivity index (χ1n) is 7.06. The molecular formula is C19H14INS2. The average molecular weight is 447 g/mol. The van der Waals surface area contributed by atoms with Crippen LogP contribution in [-0.2, 0) is 0 Å². The van der Waals surface area contributed by atoms with Crippen molar-refractivity contribution in [1.82, 2.24) is 4.98 Å². The summed E-state index contributed by atoms with van der Waals surface area (Å²) in [6.07, 6.45) is 4.22. The summed E-state index contributed by atoms with van der Waals surface area (Å²) in [4.78, 5) is 8.56. The second-order valence-corrected chi connectivity index (χ2v) is 7.00. The zero-order chi connectivity index (χ0) is 14.8. The number of para-hydroxylation sites is 1. The number of thiophene rings is 2. The van der Waals surface area contributed by atoms with Crippen LogP contribution in [0.4, 0.5) is 0 Å².